The predicted octanol–water partition coefficient (Wildman–Crippen LogP) is 14.6. The summed E-state index contributed by atoms with van der Waals surface area (Å²) >= 11 is 0. The van der Waals surface area contributed by atoms with Crippen LogP contribution in [0.15, 0.2) is 134 Å². The van der Waals surface area contributed by atoms with Crippen LogP contribution in [0.2, 0.25) is 0 Å². The maximum absolute atomic E-state index is 12.8. The molecule has 0 saturated carbocycles. The summed E-state index contributed by atoms with van der Waals surface area (Å²) in [5.41, 5.74) is 0. The molecule has 0 fully saturated rings. The molecule has 0 saturated heterocycles. The van der Waals surface area contributed by atoms with Crippen LogP contribution in [-0.2, 0) is 28.6 Å². The Morgan fingerprint density at radius 3 is 1.13 bits per heavy atom. The zero-order chi connectivity index (χ0) is 50.6. The van der Waals surface area contributed by atoms with E-state index in [0.717, 1.165) is 141 Å². The summed E-state index contributed by atoms with van der Waals surface area (Å²) in [6.45, 7) is 4.38. The van der Waals surface area contributed by atoms with Gasteiger partial charge in [0.05, 0.1) is 40.3 Å². The van der Waals surface area contributed by atoms with Crippen LogP contribution in [0.1, 0.15) is 181 Å². The minimum Gasteiger partial charge on any atom is -0.544 e. The predicted molar refractivity (Wildman–Crippen MR) is 290 cm³/mol. The van der Waals surface area contributed by atoms with Crippen LogP contribution < -0.4 is 5.11 Å². The summed E-state index contributed by atoms with van der Waals surface area (Å²) in [5.74, 6) is -1.80. The minimum absolute atomic E-state index is 0.0163. The van der Waals surface area contributed by atoms with Crippen LogP contribution in [0.4, 0.5) is 0 Å². The molecule has 0 spiro atoms. The van der Waals surface area contributed by atoms with Gasteiger partial charge in [0.1, 0.15) is 12.6 Å². The summed E-state index contributed by atoms with van der Waals surface area (Å²) < 4.78 is 17.2. The Morgan fingerprint density at radius 1 is 0.435 bits per heavy atom. The van der Waals surface area contributed by atoms with E-state index in [1.807, 2.05) is 0 Å². The third-order valence-electron chi connectivity index (χ3n) is 11.0. The highest BCUT2D eigenvalue weighted by atomic mass is 16.6. The summed E-state index contributed by atoms with van der Waals surface area (Å²) in [6, 6.07) is -0.743. The molecule has 388 valence electrons. The van der Waals surface area contributed by atoms with Crippen molar-refractivity contribution in [3.8, 4) is 0 Å². The number of carbonyl (C=O) groups excluding carboxylic acids is 3. The van der Waals surface area contributed by atoms with Gasteiger partial charge in [-0.15, -0.1) is 0 Å². The number of hydrogen-bond acceptors (Lipinski definition) is 7. The van der Waals surface area contributed by atoms with E-state index >= 15 is 0 Å². The molecule has 0 radical (unpaired) electrons. The van der Waals surface area contributed by atoms with Crippen LogP contribution in [0, 0.1) is 0 Å². The third-order valence-corrected chi connectivity index (χ3v) is 11.0. The van der Waals surface area contributed by atoms with E-state index in [1.165, 1.54) is 6.42 Å². The number of nitrogens with zero attached hydrogens (tertiary/aromatic N) is 1. The molecule has 0 rings (SSSR count). The molecule has 0 aromatic carbocycles. The number of carboxylic acids is 1. The van der Waals surface area contributed by atoms with Crippen molar-refractivity contribution in [3.63, 3.8) is 0 Å². The van der Waals surface area contributed by atoms with E-state index in [9.17, 15) is 19.5 Å². The highest BCUT2D eigenvalue weighted by molar-refractivity contribution is 5.70. The van der Waals surface area contributed by atoms with Gasteiger partial charge in [-0.2, -0.15) is 0 Å². The lowest BCUT2D eigenvalue weighted by Crippen LogP contribution is -2.55. The van der Waals surface area contributed by atoms with E-state index in [0.29, 0.717) is 6.42 Å². The highest BCUT2D eigenvalue weighted by Gasteiger charge is 2.25. The standard InChI is InChI=1S/C61H97NO7/c1-6-8-10-12-14-16-18-20-22-24-26-28-30-32-33-35-37-39-41-43-45-47-49-51-59(63)68-56-57(55-67-54-53-58(61(65)66)62(3,4)5)69-60(64)52-50-48-46-44-42-40-38-36-34-31-29-27-25-23-21-19-17-15-13-11-9-7-2/h8-11,14-17,20-23,26-29,32-34,36-37,39,57-58H,6-7,12-13,18-19,24-25,30-31,35,38,40-56H2,1-5H3/b10-8+,11-9+,16-14+,17-15+,22-20+,23-21+,28-26+,29-27+,33-32+,36-34+,39-37+. The lowest BCUT2D eigenvalue weighted by molar-refractivity contribution is -0.889. The Balaban J connectivity index is 4.35. The van der Waals surface area contributed by atoms with Gasteiger partial charge in [0.15, 0.2) is 6.10 Å². The molecule has 0 bridgehead atoms. The second-order valence-corrected chi connectivity index (χ2v) is 18.3. The second kappa shape index (κ2) is 49.9. The number of carbonyl (C=O) groups is 3. The molecule has 0 aromatic heterocycles. The molecule has 69 heavy (non-hydrogen) atoms. The van der Waals surface area contributed by atoms with Crippen molar-refractivity contribution in [2.75, 3.05) is 41.0 Å². The fourth-order valence-electron chi connectivity index (χ4n) is 6.98. The molecule has 0 heterocycles. The van der Waals surface area contributed by atoms with Crippen molar-refractivity contribution in [2.24, 2.45) is 0 Å². The van der Waals surface area contributed by atoms with E-state index in [1.54, 1.807) is 21.1 Å². The van der Waals surface area contributed by atoms with E-state index in [4.69, 9.17) is 14.2 Å². The Kier molecular flexibility index (Phi) is 46.6. The van der Waals surface area contributed by atoms with Crippen LogP contribution >= 0.6 is 0 Å². The lowest BCUT2D eigenvalue weighted by atomic mass is 10.1. The fraction of sp³-hybridized carbons (Fsp3) is 0.590. The maximum atomic E-state index is 12.8. The van der Waals surface area contributed by atoms with Gasteiger partial charge in [0, 0.05) is 19.3 Å². The van der Waals surface area contributed by atoms with E-state index in [2.05, 4.69) is 148 Å². The number of esters is 2. The quantitative estimate of drug-likeness (QED) is 0.0259. The molecule has 2 unspecified atom stereocenters. The van der Waals surface area contributed by atoms with Gasteiger partial charge in [-0.3, -0.25) is 9.59 Å². The SMILES string of the molecule is CC/C=C/C/C=C/C/C=C/C/C=C/C/C=C/C/C=C/CCCCCCC(=O)OCC(COCCC(C(=O)[O-])[N+](C)(C)C)OC(=O)CCCCCCCC/C=C/C/C=C/C/C=C/C/C=C/C/C=C/CC. The molecule has 0 N–H and O–H groups in total. The molecule has 0 aliphatic carbocycles. The Labute approximate surface area is 422 Å². The van der Waals surface area contributed by atoms with Crippen LogP contribution in [0.5, 0.6) is 0 Å². The summed E-state index contributed by atoms with van der Waals surface area (Å²) in [7, 11) is 5.39. The number of carboxylic acid groups (broad SMARTS) is 1. The summed E-state index contributed by atoms with van der Waals surface area (Å²) in [6.07, 6.45) is 71.9. The van der Waals surface area contributed by atoms with Crippen molar-refractivity contribution < 1.29 is 38.2 Å². The number of rotatable bonds is 46. The second-order valence-electron chi connectivity index (χ2n) is 18.3. The molecular weight excluding hydrogens is 859 g/mol. The van der Waals surface area contributed by atoms with Gasteiger partial charge >= 0.3 is 11.9 Å². The summed E-state index contributed by atoms with van der Waals surface area (Å²) in [5, 5.41) is 11.7. The monoisotopic (exact) mass is 956 g/mol. The van der Waals surface area contributed by atoms with Gasteiger partial charge < -0.3 is 28.6 Å². The van der Waals surface area contributed by atoms with Gasteiger partial charge in [-0.1, -0.05) is 186 Å². The lowest BCUT2D eigenvalue weighted by Gasteiger charge is -2.34. The Bertz CT molecular complexity index is 1580. The molecule has 2 atom stereocenters. The largest absolute Gasteiger partial charge is 0.544 e. The number of ether oxygens (including phenoxy) is 3. The number of allylic oxidation sites excluding steroid dienone is 22. The average Bonchev–Trinajstić information content (AvgIpc) is 3.31. The molecule has 0 aliphatic rings. The first-order chi connectivity index (χ1) is 33.6. The molecule has 8 nitrogen and oxygen atoms in total. The molecular formula is C61H97NO7. The van der Waals surface area contributed by atoms with Crippen molar-refractivity contribution in [1.82, 2.24) is 0 Å². The number of hydrogen-bond donors (Lipinski definition) is 0. The zero-order valence-electron chi connectivity index (χ0n) is 44.2. The van der Waals surface area contributed by atoms with Gasteiger partial charge in [-0.05, 0) is 109 Å². The van der Waals surface area contributed by atoms with E-state index in [-0.39, 0.29) is 49.1 Å². The number of unbranched alkanes of at least 4 members (excludes halogenated alkanes) is 10. The van der Waals surface area contributed by atoms with Gasteiger partial charge in [-0.25, -0.2) is 0 Å². The van der Waals surface area contributed by atoms with E-state index < -0.39 is 18.1 Å². The number of aliphatic carboxylic acids is 1. The smallest absolute Gasteiger partial charge is 0.306 e. The third kappa shape index (κ3) is 48.3. The van der Waals surface area contributed by atoms with Crippen LogP contribution in [-0.4, -0.2) is 75.5 Å². The molecule has 0 aliphatic heterocycles. The first-order valence-electron chi connectivity index (χ1n) is 26.7. The number of quaternary nitrogens is 1. The van der Waals surface area contributed by atoms with Crippen molar-refractivity contribution in [3.05, 3.63) is 134 Å². The normalized spacial score (nSPS) is 13.9. The van der Waals surface area contributed by atoms with Crippen LogP contribution in [0.25, 0.3) is 0 Å². The topological polar surface area (TPSA) is 102 Å². The number of likely N-dealkylation sites (N-methyl/N-ethyl adjacent to an activating group) is 1. The van der Waals surface area contributed by atoms with Crippen molar-refractivity contribution >= 4 is 17.9 Å². The molecule has 0 aromatic rings. The Morgan fingerprint density at radius 2 is 0.768 bits per heavy atom. The minimum atomic E-state index is -1.14. The van der Waals surface area contributed by atoms with Crippen molar-refractivity contribution in [1.29, 1.82) is 0 Å². The zero-order valence-corrected chi connectivity index (χ0v) is 44.2. The summed E-state index contributed by atoms with van der Waals surface area (Å²) in [4.78, 5) is 37.1. The van der Waals surface area contributed by atoms with Crippen molar-refractivity contribution in [2.45, 2.75) is 193 Å². The first kappa shape index (κ1) is 64.5. The first-order valence-corrected chi connectivity index (χ1v) is 26.7. The maximum Gasteiger partial charge on any atom is 0.306 e. The molecule has 0 amide bonds. The highest BCUT2D eigenvalue weighted by Crippen LogP contribution is 2.13. The Hall–Kier alpha value is -4.53. The van der Waals surface area contributed by atoms with Gasteiger partial charge in [0.2, 0.25) is 0 Å². The van der Waals surface area contributed by atoms with Crippen LogP contribution in [0.3, 0.4) is 0 Å². The van der Waals surface area contributed by atoms with Gasteiger partial charge in [0.25, 0.3) is 0 Å². The fourth-order valence-corrected chi connectivity index (χ4v) is 6.98. The average molecular weight is 956 g/mol. The molecule has 8 heteroatoms.